The van der Waals surface area contributed by atoms with Crippen LogP contribution in [0.4, 0.5) is 4.79 Å². The molecule has 10 heteroatoms. The van der Waals surface area contributed by atoms with Gasteiger partial charge in [0.25, 0.3) is 5.88 Å². The standard InChI is InChI=1S/C16H25ClN3O3S.CH3ClO/c1-3-4-5-6-10-22-15-14(18-24-19-15)13-8-7-9-20(2,11-13)12-23-16(17)21;1-3-2/h8H,3-7,9-12H2,1-2H3;1H3/q+1;. The van der Waals surface area contributed by atoms with E-state index in [1.807, 2.05) is 7.05 Å². The maximum absolute atomic E-state index is 10.9. The van der Waals surface area contributed by atoms with E-state index in [0.717, 1.165) is 30.7 Å². The molecule has 1 aliphatic heterocycles. The van der Waals surface area contributed by atoms with Crippen LogP contribution in [0, 0.1) is 0 Å². The van der Waals surface area contributed by atoms with Crippen LogP contribution in [0.3, 0.4) is 0 Å². The zero-order valence-electron chi connectivity index (χ0n) is 16.1. The third-order valence-electron chi connectivity index (χ3n) is 4.10. The van der Waals surface area contributed by atoms with Crippen molar-refractivity contribution in [3.05, 3.63) is 11.8 Å². The van der Waals surface area contributed by atoms with Gasteiger partial charge < -0.3 is 9.47 Å². The molecule has 0 bridgehead atoms. The van der Waals surface area contributed by atoms with E-state index in [2.05, 4.69) is 37.9 Å². The smallest absolute Gasteiger partial charge is 0.408 e. The molecule has 0 N–H and O–H groups in total. The molecule has 1 atom stereocenters. The molecule has 1 aliphatic rings. The van der Waals surface area contributed by atoms with E-state index in [4.69, 9.17) is 21.1 Å². The molecule has 0 radical (unpaired) electrons. The van der Waals surface area contributed by atoms with Crippen molar-refractivity contribution in [2.75, 3.05) is 40.6 Å². The maximum atomic E-state index is 10.9. The van der Waals surface area contributed by atoms with Crippen LogP contribution in [0.2, 0.25) is 0 Å². The summed E-state index contributed by atoms with van der Waals surface area (Å²) < 4.78 is 23.8. The number of nitrogens with zero attached hydrogens (tertiary/aromatic N) is 3. The second kappa shape index (κ2) is 13.3. The maximum Gasteiger partial charge on any atom is 0.408 e. The van der Waals surface area contributed by atoms with Crippen molar-refractivity contribution in [3.63, 3.8) is 0 Å². The van der Waals surface area contributed by atoms with Crippen LogP contribution >= 0.6 is 35.2 Å². The summed E-state index contributed by atoms with van der Waals surface area (Å²) in [7, 11) is 3.43. The molecule has 1 aromatic rings. The Labute approximate surface area is 175 Å². The number of likely N-dealkylation sites (N-methyl/N-ethyl adjacent to an activating group) is 1. The number of quaternary nitrogens is 1. The number of hydrogen-bond donors (Lipinski definition) is 0. The molecule has 0 amide bonds. The minimum Gasteiger partial charge on any atom is -0.475 e. The summed E-state index contributed by atoms with van der Waals surface area (Å²) in [4.78, 5) is 10.9. The highest BCUT2D eigenvalue weighted by Gasteiger charge is 2.31. The van der Waals surface area contributed by atoms with Gasteiger partial charge in [0.1, 0.15) is 12.2 Å². The van der Waals surface area contributed by atoms with Gasteiger partial charge in [0.2, 0.25) is 6.73 Å². The third kappa shape index (κ3) is 9.21. The van der Waals surface area contributed by atoms with Gasteiger partial charge in [0.15, 0.2) is 0 Å². The van der Waals surface area contributed by atoms with Gasteiger partial charge in [-0.2, -0.15) is 4.37 Å². The zero-order chi connectivity index (χ0) is 20.1. The predicted molar refractivity (Wildman–Crippen MR) is 108 cm³/mol. The van der Waals surface area contributed by atoms with E-state index in [0.29, 0.717) is 23.5 Å². The SMILES string of the molecule is CCCCCCOc1nsnc1C1=CCC[N+](C)(COC(=O)Cl)C1.COCl. The Balaban J connectivity index is 0.00000114. The molecule has 0 aliphatic carbocycles. The Bertz CT molecular complexity index is 600. The van der Waals surface area contributed by atoms with Crippen LogP contribution in [0.5, 0.6) is 5.88 Å². The second-order valence-corrected chi connectivity index (χ2v) is 7.66. The van der Waals surface area contributed by atoms with Crippen molar-refractivity contribution in [3.8, 4) is 5.88 Å². The fourth-order valence-corrected chi connectivity index (χ4v) is 3.34. The highest BCUT2D eigenvalue weighted by molar-refractivity contribution is 6.99. The van der Waals surface area contributed by atoms with Gasteiger partial charge in [-0.25, -0.2) is 4.79 Å². The van der Waals surface area contributed by atoms with Gasteiger partial charge in [-0.15, -0.1) is 4.37 Å². The summed E-state index contributed by atoms with van der Waals surface area (Å²) in [6.07, 6.45) is 7.70. The van der Waals surface area contributed by atoms with Gasteiger partial charge >= 0.3 is 5.43 Å². The number of carbonyl (C=O) groups is 1. The summed E-state index contributed by atoms with van der Waals surface area (Å²) in [6.45, 7) is 4.71. The molecule has 0 saturated heterocycles. The van der Waals surface area contributed by atoms with E-state index in [1.165, 1.54) is 38.1 Å². The highest BCUT2D eigenvalue weighted by Crippen LogP contribution is 2.30. The van der Waals surface area contributed by atoms with Gasteiger partial charge in [-0.3, -0.25) is 8.77 Å². The van der Waals surface area contributed by atoms with Crippen LogP contribution in [-0.2, 0) is 9.03 Å². The third-order valence-corrected chi connectivity index (χ3v) is 4.72. The Morgan fingerprint density at radius 3 is 2.74 bits per heavy atom. The zero-order valence-corrected chi connectivity index (χ0v) is 18.4. The highest BCUT2D eigenvalue weighted by atomic mass is 35.5. The van der Waals surface area contributed by atoms with Gasteiger partial charge in [-0.05, 0) is 6.42 Å². The normalized spacial score (nSPS) is 18.9. The monoisotopic (exact) mass is 440 g/mol. The van der Waals surface area contributed by atoms with Crippen molar-refractivity contribution in [1.82, 2.24) is 8.75 Å². The topological polar surface area (TPSA) is 70.5 Å². The molecule has 27 heavy (non-hydrogen) atoms. The molecule has 2 rings (SSSR count). The lowest BCUT2D eigenvalue weighted by atomic mass is 10.1. The van der Waals surface area contributed by atoms with Crippen LogP contribution < -0.4 is 4.74 Å². The Morgan fingerprint density at radius 1 is 1.33 bits per heavy atom. The second-order valence-electron chi connectivity index (χ2n) is 6.51. The summed E-state index contributed by atoms with van der Waals surface area (Å²) in [5.41, 5.74) is 1.14. The summed E-state index contributed by atoms with van der Waals surface area (Å²) in [6, 6.07) is 0. The molecule has 0 saturated carbocycles. The Morgan fingerprint density at radius 2 is 2.07 bits per heavy atom. The van der Waals surface area contributed by atoms with Gasteiger partial charge in [-0.1, -0.05) is 32.3 Å². The average Bonchev–Trinajstić information content (AvgIpc) is 3.09. The number of aromatic nitrogens is 2. The molecular weight excluding hydrogens is 413 g/mol. The number of halogens is 2. The molecule has 1 unspecified atom stereocenters. The minimum absolute atomic E-state index is 0.254. The van der Waals surface area contributed by atoms with Gasteiger partial charge in [0.05, 0.1) is 50.9 Å². The fourth-order valence-electron chi connectivity index (χ4n) is 2.76. The summed E-state index contributed by atoms with van der Waals surface area (Å²) in [5.74, 6) is 0.616. The first-order valence-electron chi connectivity index (χ1n) is 8.91. The van der Waals surface area contributed by atoms with Crippen LogP contribution in [0.25, 0.3) is 5.57 Å². The molecule has 1 aromatic heterocycles. The van der Waals surface area contributed by atoms with E-state index >= 15 is 0 Å². The van der Waals surface area contributed by atoms with E-state index in [-0.39, 0.29) is 6.73 Å². The summed E-state index contributed by atoms with van der Waals surface area (Å²) >= 11 is 11.0. The number of carbonyl (C=O) groups excluding carboxylic acids is 1. The molecule has 2 heterocycles. The molecular formula is C17H28Cl2N3O4S+. The predicted octanol–water partition coefficient (Wildman–Crippen LogP) is 4.85. The number of unbranched alkanes of at least 4 members (excludes halogenated alkanes) is 3. The van der Waals surface area contributed by atoms with Crippen molar-refractivity contribution in [2.45, 2.75) is 39.0 Å². The first-order valence-corrected chi connectivity index (χ1v) is 10.3. The molecule has 0 aromatic carbocycles. The number of hydrogen-bond acceptors (Lipinski definition) is 7. The largest absolute Gasteiger partial charge is 0.475 e. The van der Waals surface area contributed by atoms with Crippen LogP contribution in [-0.4, -0.2) is 59.2 Å². The van der Waals surface area contributed by atoms with Gasteiger partial charge in [0, 0.05) is 23.6 Å². The lowest BCUT2D eigenvalue weighted by molar-refractivity contribution is -0.919. The number of ether oxygens (including phenoxy) is 2. The van der Waals surface area contributed by atoms with Crippen LogP contribution in [0.15, 0.2) is 6.08 Å². The fraction of sp³-hybridized carbons (Fsp3) is 0.706. The molecule has 7 nitrogen and oxygen atoms in total. The van der Waals surface area contributed by atoms with Crippen LogP contribution in [0.1, 0.15) is 44.7 Å². The van der Waals surface area contributed by atoms with Crippen molar-refractivity contribution in [2.24, 2.45) is 0 Å². The molecule has 0 spiro atoms. The molecule has 0 fully saturated rings. The molecule has 154 valence electrons. The first kappa shape index (κ1) is 24.1. The quantitative estimate of drug-likeness (QED) is 0.310. The van der Waals surface area contributed by atoms with Crippen molar-refractivity contribution < 1.29 is 23.0 Å². The van der Waals surface area contributed by atoms with E-state index in [1.54, 1.807) is 0 Å². The van der Waals surface area contributed by atoms with E-state index < -0.39 is 5.43 Å². The minimum atomic E-state index is -0.767. The summed E-state index contributed by atoms with van der Waals surface area (Å²) in [5, 5.41) is 0. The number of rotatable bonds is 9. The Hall–Kier alpha value is -0.930. The average molecular weight is 441 g/mol. The lowest BCUT2D eigenvalue weighted by Gasteiger charge is -2.36. The van der Waals surface area contributed by atoms with Crippen molar-refractivity contribution >= 4 is 46.2 Å². The first-order chi connectivity index (χ1) is 13.0. The van der Waals surface area contributed by atoms with E-state index in [9.17, 15) is 4.79 Å². The Kier molecular flexibility index (Phi) is 11.9. The van der Waals surface area contributed by atoms with Crippen molar-refractivity contribution in [1.29, 1.82) is 0 Å². The lowest BCUT2D eigenvalue weighted by Crippen LogP contribution is -2.49.